The predicted molar refractivity (Wildman–Crippen MR) is 97.8 cm³/mol. The Labute approximate surface area is 154 Å². The molecule has 0 aliphatic carbocycles. The van der Waals surface area contributed by atoms with E-state index in [2.05, 4.69) is 4.98 Å². The summed E-state index contributed by atoms with van der Waals surface area (Å²) in [6.45, 7) is 4.83. The fourth-order valence-corrected chi connectivity index (χ4v) is 3.43. The number of nitrogens with zero attached hydrogens (tertiary/aromatic N) is 2. The van der Waals surface area contributed by atoms with Gasteiger partial charge in [-0.2, -0.15) is 0 Å². The highest BCUT2D eigenvalue weighted by atomic mass is 16.5. The molecule has 7 nitrogen and oxygen atoms in total. The Morgan fingerprint density at radius 2 is 2.23 bits per heavy atom. The van der Waals surface area contributed by atoms with Crippen LogP contribution in [-0.4, -0.2) is 54.1 Å². The van der Waals surface area contributed by atoms with Crippen LogP contribution in [0.25, 0.3) is 0 Å². The molecule has 0 bridgehead atoms. The average molecular weight is 363 g/mol. The minimum atomic E-state index is -0.383. The molecule has 1 aromatic rings. The minimum Gasteiger partial charge on any atom is -0.481 e. The average Bonchev–Trinajstić information content (AvgIpc) is 2.87. The van der Waals surface area contributed by atoms with Crippen LogP contribution >= 0.6 is 0 Å². The van der Waals surface area contributed by atoms with Crippen LogP contribution in [-0.2, 0) is 14.3 Å². The number of hydrogen-bond donors (Lipinski definition) is 1. The maximum atomic E-state index is 12.1. The second-order valence-corrected chi connectivity index (χ2v) is 6.71. The van der Waals surface area contributed by atoms with E-state index >= 15 is 0 Å². The molecule has 2 heterocycles. The lowest BCUT2D eigenvalue weighted by Gasteiger charge is -2.23. The second-order valence-electron chi connectivity index (χ2n) is 6.71. The number of esters is 1. The van der Waals surface area contributed by atoms with Gasteiger partial charge in [0.15, 0.2) is 0 Å². The van der Waals surface area contributed by atoms with Gasteiger partial charge in [0.2, 0.25) is 11.8 Å². The van der Waals surface area contributed by atoms with Crippen molar-refractivity contribution in [2.45, 2.75) is 57.5 Å². The summed E-state index contributed by atoms with van der Waals surface area (Å²) in [5, 5.41) is 0. The molecule has 26 heavy (non-hydrogen) atoms. The molecule has 0 radical (unpaired) electrons. The van der Waals surface area contributed by atoms with E-state index in [0.29, 0.717) is 31.9 Å². The normalized spacial score (nSPS) is 20.9. The van der Waals surface area contributed by atoms with Gasteiger partial charge in [-0.1, -0.05) is 6.07 Å². The highest BCUT2D eigenvalue weighted by Gasteiger charge is 2.34. The van der Waals surface area contributed by atoms with Crippen molar-refractivity contribution in [2.75, 3.05) is 20.3 Å². The van der Waals surface area contributed by atoms with Gasteiger partial charge in [-0.3, -0.25) is 9.59 Å². The van der Waals surface area contributed by atoms with Gasteiger partial charge >= 0.3 is 5.97 Å². The summed E-state index contributed by atoms with van der Waals surface area (Å²) in [6.07, 6.45) is 4.29. The van der Waals surface area contributed by atoms with E-state index in [1.165, 1.54) is 0 Å². The van der Waals surface area contributed by atoms with Crippen molar-refractivity contribution in [3.63, 3.8) is 0 Å². The number of amides is 1. The Kier molecular flexibility index (Phi) is 7.38. The number of carbonyl (C=O) groups is 2. The Morgan fingerprint density at radius 3 is 2.77 bits per heavy atom. The third-order valence-electron chi connectivity index (χ3n) is 4.84. The fourth-order valence-electron chi connectivity index (χ4n) is 3.43. The van der Waals surface area contributed by atoms with Gasteiger partial charge in [0, 0.05) is 24.8 Å². The van der Waals surface area contributed by atoms with E-state index in [1.54, 1.807) is 26.3 Å². The van der Waals surface area contributed by atoms with Crippen LogP contribution in [0.15, 0.2) is 18.3 Å². The number of hydrogen-bond acceptors (Lipinski definition) is 6. The van der Waals surface area contributed by atoms with Crippen LogP contribution in [0, 0.1) is 0 Å². The van der Waals surface area contributed by atoms with Crippen molar-refractivity contribution in [2.24, 2.45) is 5.73 Å². The lowest BCUT2D eigenvalue weighted by Crippen LogP contribution is -2.36. The predicted octanol–water partition coefficient (Wildman–Crippen LogP) is 1.86. The molecule has 0 aromatic carbocycles. The van der Waals surface area contributed by atoms with Gasteiger partial charge in [0.25, 0.3) is 0 Å². The third kappa shape index (κ3) is 5.17. The zero-order chi connectivity index (χ0) is 19.1. The summed E-state index contributed by atoms with van der Waals surface area (Å²) in [5.74, 6) is 0.328. The molecule has 1 aliphatic rings. The molecule has 1 fully saturated rings. The first kappa shape index (κ1) is 20.2. The summed E-state index contributed by atoms with van der Waals surface area (Å²) < 4.78 is 10.2. The van der Waals surface area contributed by atoms with Crippen LogP contribution < -0.4 is 10.5 Å². The number of aromatic nitrogens is 1. The van der Waals surface area contributed by atoms with Crippen LogP contribution in [0.2, 0.25) is 0 Å². The van der Waals surface area contributed by atoms with Crippen molar-refractivity contribution in [3.8, 4) is 5.88 Å². The highest BCUT2D eigenvalue weighted by Crippen LogP contribution is 2.27. The standard InChI is InChI=1S/C19H29N3O4/c1-4-26-18(23)11-14(15-7-8-17(25-3)21-12-15)6-5-9-22-13(2)10-16(20)19(22)24/h7-8,12-14,16H,4-6,9-11,20H2,1-3H3/t13-,14+,16+/m1/s1. The third-order valence-corrected chi connectivity index (χ3v) is 4.84. The van der Waals surface area contributed by atoms with Crippen molar-refractivity contribution in [1.29, 1.82) is 0 Å². The number of ether oxygens (including phenoxy) is 2. The molecule has 2 N–H and O–H groups in total. The van der Waals surface area contributed by atoms with Crippen LogP contribution in [0.4, 0.5) is 0 Å². The second kappa shape index (κ2) is 9.52. The summed E-state index contributed by atoms with van der Waals surface area (Å²) in [7, 11) is 1.57. The summed E-state index contributed by atoms with van der Waals surface area (Å²) >= 11 is 0. The SMILES string of the molecule is CCOC(=O)C[C@H](CCCN1C(=O)[C@@H](N)C[C@H]1C)c1ccc(OC)nc1. The maximum Gasteiger partial charge on any atom is 0.306 e. The number of carbonyl (C=O) groups excluding carboxylic acids is 2. The largest absolute Gasteiger partial charge is 0.481 e. The first-order valence-corrected chi connectivity index (χ1v) is 9.17. The molecule has 144 valence electrons. The Morgan fingerprint density at radius 1 is 1.46 bits per heavy atom. The van der Waals surface area contributed by atoms with Crippen molar-refractivity contribution < 1.29 is 19.1 Å². The number of methoxy groups -OCH3 is 1. The molecule has 1 aliphatic heterocycles. The zero-order valence-electron chi connectivity index (χ0n) is 15.8. The summed E-state index contributed by atoms with van der Waals surface area (Å²) in [6, 6.07) is 3.50. The van der Waals surface area contributed by atoms with Gasteiger partial charge in [-0.25, -0.2) is 4.98 Å². The van der Waals surface area contributed by atoms with Crippen LogP contribution in [0.1, 0.15) is 51.0 Å². The van der Waals surface area contributed by atoms with E-state index in [1.807, 2.05) is 17.9 Å². The molecule has 2 rings (SSSR count). The minimum absolute atomic E-state index is 0.00543. The lowest BCUT2D eigenvalue weighted by molar-refractivity contribution is -0.143. The molecular formula is C19H29N3O4. The molecule has 1 amide bonds. The first-order valence-electron chi connectivity index (χ1n) is 9.17. The molecule has 0 spiro atoms. The number of nitrogens with two attached hydrogens (primary N) is 1. The maximum absolute atomic E-state index is 12.1. The topological polar surface area (TPSA) is 94.8 Å². The van der Waals surface area contributed by atoms with Crippen molar-refractivity contribution in [3.05, 3.63) is 23.9 Å². The molecule has 1 aromatic heterocycles. The Balaban J connectivity index is 1.99. The van der Waals surface area contributed by atoms with Crippen molar-refractivity contribution >= 4 is 11.9 Å². The Bertz CT molecular complexity index is 605. The number of likely N-dealkylation sites (tertiary alicyclic amines) is 1. The van der Waals surface area contributed by atoms with Crippen LogP contribution in [0.5, 0.6) is 5.88 Å². The number of pyridine rings is 1. The molecule has 0 unspecified atom stereocenters. The van der Waals surface area contributed by atoms with Gasteiger partial charge in [-0.15, -0.1) is 0 Å². The lowest BCUT2D eigenvalue weighted by atomic mass is 9.92. The van der Waals surface area contributed by atoms with E-state index < -0.39 is 0 Å². The molecular weight excluding hydrogens is 334 g/mol. The smallest absolute Gasteiger partial charge is 0.306 e. The molecule has 7 heteroatoms. The summed E-state index contributed by atoms with van der Waals surface area (Å²) in [5.41, 5.74) is 6.80. The summed E-state index contributed by atoms with van der Waals surface area (Å²) in [4.78, 5) is 30.1. The molecule has 3 atom stereocenters. The van der Waals surface area contributed by atoms with Gasteiger partial charge < -0.3 is 20.1 Å². The van der Waals surface area contributed by atoms with E-state index in [9.17, 15) is 9.59 Å². The van der Waals surface area contributed by atoms with Gasteiger partial charge in [0.05, 0.1) is 26.2 Å². The Hall–Kier alpha value is -2.15. The van der Waals surface area contributed by atoms with Crippen LogP contribution in [0.3, 0.4) is 0 Å². The quantitative estimate of drug-likeness (QED) is 0.673. The fraction of sp³-hybridized carbons (Fsp3) is 0.632. The highest BCUT2D eigenvalue weighted by molar-refractivity contribution is 5.84. The zero-order valence-corrected chi connectivity index (χ0v) is 15.8. The first-order chi connectivity index (χ1) is 12.5. The monoisotopic (exact) mass is 363 g/mol. The molecule has 0 saturated carbocycles. The van der Waals surface area contributed by atoms with E-state index in [0.717, 1.165) is 18.4 Å². The van der Waals surface area contributed by atoms with E-state index in [-0.39, 0.29) is 29.9 Å². The van der Waals surface area contributed by atoms with Crippen molar-refractivity contribution in [1.82, 2.24) is 9.88 Å². The van der Waals surface area contributed by atoms with Gasteiger partial charge in [0.1, 0.15) is 0 Å². The number of rotatable bonds is 9. The molecule has 1 saturated heterocycles. The van der Waals surface area contributed by atoms with Gasteiger partial charge in [-0.05, 0) is 44.6 Å². The van der Waals surface area contributed by atoms with E-state index in [4.69, 9.17) is 15.2 Å².